The van der Waals surface area contributed by atoms with Gasteiger partial charge in [-0.1, -0.05) is 30.3 Å². The number of morpholine rings is 1. The van der Waals surface area contributed by atoms with Crippen LogP contribution in [0.15, 0.2) is 41.6 Å². The SMILES string of the molecule is CCOC(=O)C1=C(C)Nc2c(C#N)c(N3CCOCC3)nn2[C@@H]1c1ccccc1. The van der Waals surface area contributed by atoms with Crippen LogP contribution >= 0.6 is 0 Å². The van der Waals surface area contributed by atoms with Gasteiger partial charge < -0.3 is 19.7 Å². The first-order chi connectivity index (χ1) is 14.2. The van der Waals surface area contributed by atoms with Crippen molar-refractivity contribution in [2.24, 2.45) is 0 Å². The molecule has 29 heavy (non-hydrogen) atoms. The summed E-state index contributed by atoms with van der Waals surface area (Å²) in [4.78, 5) is 14.9. The molecule has 0 spiro atoms. The predicted octanol–water partition coefficient (Wildman–Crippen LogP) is 2.44. The molecule has 0 radical (unpaired) electrons. The number of rotatable bonds is 4. The van der Waals surface area contributed by atoms with E-state index in [4.69, 9.17) is 14.6 Å². The molecule has 0 aliphatic carbocycles. The number of hydrogen-bond donors (Lipinski definition) is 1. The molecular formula is C21H23N5O3. The van der Waals surface area contributed by atoms with Crippen LogP contribution in [0.3, 0.4) is 0 Å². The Kier molecular flexibility index (Phi) is 5.23. The number of nitrogens with one attached hydrogen (secondary N) is 1. The van der Waals surface area contributed by atoms with E-state index in [9.17, 15) is 10.1 Å². The van der Waals surface area contributed by atoms with Gasteiger partial charge >= 0.3 is 5.97 Å². The molecule has 1 aromatic carbocycles. The van der Waals surface area contributed by atoms with E-state index in [0.29, 0.717) is 54.8 Å². The maximum absolute atomic E-state index is 12.8. The molecule has 4 rings (SSSR count). The first kappa shape index (κ1) is 19.0. The normalized spacial score (nSPS) is 18.7. The van der Waals surface area contributed by atoms with Crippen LogP contribution in [0.25, 0.3) is 0 Å². The van der Waals surface area contributed by atoms with Gasteiger partial charge in [-0.15, -0.1) is 0 Å². The molecule has 0 amide bonds. The van der Waals surface area contributed by atoms with E-state index in [1.165, 1.54) is 0 Å². The van der Waals surface area contributed by atoms with Crippen LogP contribution in [0.5, 0.6) is 0 Å². The van der Waals surface area contributed by atoms with Crippen LogP contribution in [-0.4, -0.2) is 48.7 Å². The molecule has 3 heterocycles. The van der Waals surface area contributed by atoms with Gasteiger partial charge in [0.15, 0.2) is 5.82 Å². The number of carbonyl (C=O) groups is 1. The van der Waals surface area contributed by atoms with Crippen LogP contribution < -0.4 is 10.2 Å². The molecule has 1 fully saturated rings. The van der Waals surface area contributed by atoms with Crippen LogP contribution in [0.4, 0.5) is 11.6 Å². The number of carbonyl (C=O) groups excluding carboxylic acids is 1. The molecule has 8 heteroatoms. The Labute approximate surface area is 169 Å². The van der Waals surface area contributed by atoms with E-state index in [1.807, 2.05) is 37.3 Å². The Hall–Kier alpha value is -3.31. The van der Waals surface area contributed by atoms with Crippen LogP contribution in [0, 0.1) is 11.3 Å². The van der Waals surface area contributed by atoms with Crippen molar-refractivity contribution in [3.05, 3.63) is 52.7 Å². The standard InChI is InChI=1S/C21H23N5O3/c1-3-29-21(27)17-14(2)23-19-16(13-22)20(25-9-11-28-12-10-25)24-26(19)18(17)15-7-5-4-6-8-15/h4-8,18,23H,3,9-12H2,1-2H3/t18-/m1/s1. The number of esters is 1. The lowest BCUT2D eigenvalue weighted by Gasteiger charge is -2.29. The Bertz CT molecular complexity index is 984. The molecule has 0 bridgehead atoms. The minimum atomic E-state index is -0.478. The smallest absolute Gasteiger partial charge is 0.338 e. The molecule has 150 valence electrons. The summed E-state index contributed by atoms with van der Waals surface area (Å²) in [6.07, 6.45) is 0. The van der Waals surface area contributed by atoms with Gasteiger partial charge in [-0.25, -0.2) is 9.48 Å². The fourth-order valence-corrected chi connectivity index (χ4v) is 3.82. The highest BCUT2D eigenvalue weighted by atomic mass is 16.5. The predicted molar refractivity (Wildman–Crippen MR) is 108 cm³/mol. The van der Waals surface area contributed by atoms with E-state index in [-0.39, 0.29) is 12.6 Å². The van der Waals surface area contributed by atoms with Gasteiger partial charge in [-0.3, -0.25) is 0 Å². The number of benzene rings is 1. The van der Waals surface area contributed by atoms with Gasteiger partial charge in [0.2, 0.25) is 0 Å². The van der Waals surface area contributed by atoms with E-state index in [1.54, 1.807) is 11.6 Å². The summed E-state index contributed by atoms with van der Waals surface area (Å²) in [7, 11) is 0. The highest BCUT2D eigenvalue weighted by Crippen LogP contribution is 2.40. The molecule has 2 aliphatic heterocycles. The second-order valence-electron chi connectivity index (χ2n) is 6.90. The van der Waals surface area contributed by atoms with Crippen molar-refractivity contribution in [3.63, 3.8) is 0 Å². The Morgan fingerprint density at radius 2 is 2.07 bits per heavy atom. The van der Waals surface area contributed by atoms with E-state index < -0.39 is 6.04 Å². The summed E-state index contributed by atoms with van der Waals surface area (Å²) in [6, 6.07) is 11.5. The quantitative estimate of drug-likeness (QED) is 0.798. The zero-order valence-electron chi connectivity index (χ0n) is 16.5. The number of fused-ring (bicyclic) bond motifs is 1. The van der Waals surface area contributed by atoms with Gasteiger partial charge in [0.1, 0.15) is 23.5 Å². The topological polar surface area (TPSA) is 92.4 Å². The maximum Gasteiger partial charge on any atom is 0.338 e. The van der Waals surface area contributed by atoms with Crippen molar-refractivity contribution in [2.45, 2.75) is 19.9 Å². The molecule has 1 saturated heterocycles. The average Bonchev–Trinajstić information content (AvgIpc) is 3.12. The fourth-order valence-electron chi connectivity index (χ4n) is 3.82. The molecular weight excluding hydrogens is 370 g/mol. The third-order valence-electron chi connectivity index (χ3n) is 5.15. The number of nitriles is 1. The minimum absolute atomic E-state index is 0.283. The zero-order valence-corrected chi connectivity index (χ0v) is 16.5. The van der Waals surface area contributed by atoms with Crippen molar-refractivity contribution in [2.75, 3.05) is 43.1 Å². The van der Waals surface area contributed by atoms with E-state index in [0.717, 1.165) is 5.56 Å². The van der Waals surface area contributed by atoms with Crippen LogP contribution in [-0.2, 0) is 14.3 Å². The fraction of sp³-hybridized carbons (Fsp3) is 0.381. The summed E-state index contributed by atoms with van der Waals surface area (Å²) < 4.78 is 12.5. The Morgan fingerprint density at radius 1 is 1.34 bits per heavy atom. The lowest BCUT2D eigenvalue weighted by molar-refractivity contribution is -0.139. The molecule has 2 aliphatic rings. The summed E-state index contributed by atoms with van der Waals surface area (Å²) >= 11 is 0. The lowest BCUT2D eigenvalue weighted by atomic mass is 9.95. The Balaban J connectivity index is 1.88. The number of ether oxygens (including phenoxy) is 2. The molecule has 0 unspecified atom stereocenters. The highest BCUT2D eigenvalue weighted by molar-refractivity contribution is 5.93. The number of anilines is 2. The number of hydrogen-bond acceptors (Lipinski definition) is 7. The first-order valence-electron chi connectivity index (χ1n) is 9.70. The Morgan fingerprint density at radius 3 is 2.72 bits per heavy atom. The molecule has 1 N–H and O–H groups in total. The minimum Gasteiger partial charge on any atom is -0.463 e. The highest BCUT2D eigenvalue weighted by Gasteiger charge is 2.37. The van der Waals surface area contributed by atoms with Crippen molar-refractivity contribution in [3.8, 4) is 6.07 Å². The molecule has 1 atom stereocenters. The summed E-state index contributed by atoms with van der Waals surface area (Å²) in [5, 5.41) is 17.9. The third kappa shape index (κ3) is 3.34. The summed E-state index contributed by atoms with van der Waals surface area (Å²) in [5.74, 6) is 0.810. The monoisotopic (exact) mass is 393 g/mol. The van der Waals surface area contributed by atoms with E-state index >= 15 is 0 Å². The average molecular weight is 393 g/mol. The number of aromatic nitrogens is 2. The third-order valence-corrected chi connectivity index (χ3v) is 5.15. The summed E-state index contributed by atoms with van der Waals surface area (Å²) in [6.45, 7) is 6.41. The van der Waals surface area contributed by atoms with Gasteiger partial charge in [0.05, 0.1) is 25.4 Å². The van der Waals surface area contributed by atoms with E-state index in [2.05, 4.69) is 16.3 Å². The van der Waals surface area contributed by atoms with Crippen molar-refractivity contribution >= 4 is 17.6 Å². The molecule has 8 nitrogen and oxygen atoms in total. The molecule has 0 saturated carbocycles. The number of allylic oxidation sites excluding steroid dienone is 1. The zero-order chi connectivity index (χ0) is 20.4. The van der Waals surface area contributed by atoms with Gasteiger partial charge in [-0.2, -0.15) is 10.4 Å². The maximum atomic E-state index is 12.8. The van der Waals surface area contributed by atoms with Crippen LogP contribution in [0.2, 0.25) is 0 Å². The lowest BCUT2D eigenvalue weighted by Crippen LogP contribution is -2.37. The molecule has 1 aromatic heterocycles. The van der Waals surface area contributed by atoms with Gasteiger partial charge in [-0.05, 0) is 19.4 Å². The first-order valence-corrected chi connectivity index (χ1v) is 9.70. The van der Waals surface area contributed by atoms with Crippen molar-refractivity contribution in [1.29, 1.82) is 5.26 Å². The summed E-state index contributed by atoms with van der Waals surface area (Å²) in [5.41, 5.74) is 2.52. The second-order valence-corrected chi connectivity index (χ2v) is 6.90. The van der Waals surface area contributed by atoms with Gasteiger partial charge in [0.25, 0.3) is 0 Å². The number of nitrogens with zero attached hydrogens (tertiary/aromatic N) is 4. The van der Waals surface area contributed by atoms with Crippen LogP contribution in [0.1, 0.15) is 31.0 Å². The molecule has 2 aromatic rings. The van der Waals surface area contributed by atoms with Crippen molar-refractivity contribution < 1.29 is 14.3 Å². The van der Waals surface area contributed by atoms with Crippen molar-refractivity contribution in [1.82, 2.24) is 9.78 Å². The largest absolute Gasteiger partial charge is 0.463 e. The van der Waals surface area contributed by atoms with Gasteiger partial charge in [0, 0.05) is 18.8 Å². The second kappa shape index (κ2) is 7.97.